The van der Waals surface area contributed by atoms with Gasteiger partial charge in [-0.1, -0.05) is 0 Å². The Morgan fingerprint density at radius 3 is 1.36 bits per heavy atom. The first-order chi connectivity index (χ1) is 5.42. The number of rotatable bonds is 2. The van der Waals surface area contributed by atoms with Gasteiger partial charge in [-0.05, 0) is 13.8 Å². The Balaban J connectivity index is -0.000000177. The molecule has 0 aromatic rings. The molecule has 0 bridgehead atoms. The minimum atomic E-state index is -4.89. The van der Waals surface area contributed by atoms with Crippen molar-refractivity contribution in [2.75, 3.05) is 0 Å². The fourth-order valence-electron chi connectivity index (χ4n) is 0.266. The van der Waals surface area contributed by atoms with Crippen LogP contribution in [-0.2, 0) is 13.7 Å². The average molecular weight is 276 g/mol. The number of hydrogen-bond acceptors (Lipinski definition) is 5. The zero-order valence-corrected chi connectivity index (χ0v) is 11.6. The van der Waals surface area contributed by atoms with Gasteiger partial charge in [0.15, 0.2) is 0 Å². The number of phosphoric acid groups is 2. The topological polar surface area (TPSA) is 150 Å². The molecule has 82 valence electrons. The van der Waals surface area contributed by atoms with E-state index in [0.717, 1.165) is 0 Å². The van der Waals surface area contributed by atoms with Crippen LogP contribution in [0, 0.1) is 0 Å². The molecule has 0 aliphatic heterocycles. The summed E-state index contributed by atoms with van der Waals surface area (Å²) in [6, 6.07) is 0. The molecule has 14 heavy (non-hydrogen) atoms. The second kappa shape index (κ2) is 8.61. The predicted octanol–water partition coefficient (Wildman–Crippen LogP) is -2.07. The van der Waals surface area contributed by atoms with Crippen LogP contribution in [0.15, 0.2) is 0 Å². The van der Waals surface area contributed by atoms with Gasteiger partial charge in [-0.15, -0.1) is 0 Å². The van der Waals surface area contributed by atoms with Gasteiger partial charge in [0.2, 0.25) is 0 Å². The van der Waals surface area contributed by atoms with E-state index in [9.17, 15) is 9.46 Å². The smallest absolute Gasteiger partial charge is 0.756 e. The van der Waals surface area contributed by atoms with Crippen molar-refractivity contribution in [2.24, 2.45) is 0 Å². The van der Waals surface area contributed by atoms with Crippen LogP contribution in [0.1, 0.15) is 13.8 Å². The maximum absolute atomic E-state index is 9.80. The van der Waals surface area contributed by atoms with Gasteiger partial charge in [-0.2, -0.15) is 0 Å². The molecule has 0 saturated heterocycles. The SMILES string of the molecule is CC(C)OP(=O)([O-])O.O=P([O-])(O)O.[Ca+2]. The minimum Gasteiger partial charge on any atom is -0.756 e. The molecule has 8 nitrogen and oxygen atoms in total. The van der Waals surface area contributed by atoms with E-state index in [2.05, 4.69) is 4.52 Å². The first-order valence-electron chi connectivity index (χ1n) is 2.90. The Kier molecular flexibility index (Phi) is 12.8. The largest absolute Gasteiger partial charge is 2.00 e. The number of phosphoric ester groups is 1. The van der Waals surface area contributed by atoms with Crippen molar-refractivity contribution in [2.45, 2.75) is 20.0 Å². The standard InChI is InChI=1S/C3H9O4P.Ca.H3O4P/c1-3(2)7-8(4,5)6;;1-5(2,3)4/h3H,1-2H3,(H2,4,5,6);;(H3,1,2,3,4)/q;+2;/p-2. The maximum atomic E-state index is 9.80. The van der Waals surface area contributed by atoms with Gasteiger partial charge in [-0.3, -0.25) is 9.13 Å². The van der Waals surface area contributed by atoms with Gasteiger partial charge in [-0.25, -0.2) is 0 Å². The fraction of sp³-hybridized carbons (Fsp3) is 1.00. The van der Waals surface area contributed by atoms with E-state index in [4.69, 9.17) is 24.1 Å². The van der Waals surface area contributed by atoms with Crippen molar-refractivity contribution in [3.63, 3.8) is 0 Å². The van der Waals surface area contributed by atoms with Crippen LogP contribution in [0.5, 0.6) is 0 Å². The van der Waals surface area contributed by atoms with Crippen molar-refractivity contribution in [3.05, 3.63) is 0 Å². The molecule has 1 unspecified atom stereocenters. The Hall–Kier alpha value is 1.48. The zero-order valence-electron chi connectivity index (χ0n) is 7.56. The average Bonchev–Trinajstić information content (AvgIpc) is 1.47. The van der Waals surface area contributed by atoms with Crippen molar-refractivity contribution in [1.29, 1.82) is 0 Å². The molecular weight excluding hydrogens is 266 g/mol. The van der Waals surface area contributed by atoms with E-state index in [-0.39, 0.29) is 37.7 Å². The second-order valence-corrected chi connectivity index (χ2v) is 4.24. The quantitative estimate of drug-likeness (QED) is 0.384. The molecule has 3 N–H and O–H groups in total. The molecule has 0 saturated carbocycles. The van der Waals surface area contributed by atoms with Gasteiger partial charge in [0.25, 0.3) is 15.6 Å². The molecule has 0 aromatic heterocycles. The molecule has 0 fully saturated rings. The maximum Gasteiger partial charge on any atom is 2.00 e. The molecule has 0 aliphatic carbocycles. The molecule has 0 amide bonds. The molecule has 0 radical (unpaired) electrons. The third-order valence-corrected chi connectivity index (χ3v) is 1.03. The summed E-state index contributed by atoms with van der Waals surface area (Å²) < 4.78 is 22.6. The van der Waals surface area contributed by atoms with E-state index in [1.807, 2.05) is 0 Å². The molecule has 0 aliphatic rings. The molecule has 11 heteroatoms. The summed E-state index contributed by atoms with van der Waals surface area (Å²) in [6.07, 6.45) is -0.483. The van der Waals surface area contributed by atoms with Crippen molar-refractivity contribution in [3.8, 4) is 0 Å². The van der Waals surface area contributed by atoms with E-state index in [1.54, 1.807) is 0 Å². The monoisotopic (exact) mass is 276 g/mol. The normalized spacial score (nSPS) is 14.9. The summed E-state index contributed by atoms with van der Waals surface area (Å²) in [7, 11) is -9.36. The fourth-order valence-corrected chi connectivity index (χ4v) is 0.799. The van der Waals surface area contributed by atoms with Crippen molar-refractivity contribution in [1.82, 2.24) is 0 Å². The first-order valence-corrected chi connectivity index (χ1v) is 5.93. The van der Waals surface area contributed by atoms with E-state index >= 15 is 0 Å². The van der Waals surface area contributed by atoms with E-state index in [1.165, 1.54) is 13.8 Å². The van der Waals surface area contributed by atoms with Crippen LogP contribution in [-0.4, -0.2) is 58.5 Å². The summed E-state index contributed by atoms with van der Waals surface area (Å²) >= 11 is 0. The summed E-state index contributed by atoms with van der Waals surface area (Å²) in [5.41, 5.74) is 0. The molecule has 0 aromatic carbocycles. The van der Waals surface area contributed by atoms with Crippen LogP contribution in [0.3, 0.4) is 0 Å². The summed E-state index contributed by atoms with van der Waals surface area (Å²) in [5, 5.41) is 0. The Morgan fingerprint density at radius 2 is 1.36 bits per heavy atom. The molecule has 0 rings (SSSR count). The predicted molar refractivity (Wildman–Crippen MR) is 43.8 cm³/mol. The van der Waals surface area contributed by atoms with Gasteiger partial charge in [0.1, 0.15) is 0 Å². The van der Waals surface area contributed by atoms with Crippen LogP contribution in [0.25, 0.3) is 0 Å². The van der Waals surface area contributed by atoms with Gasteiger partial charge >= 0.3 is 37.7 Å². The first kappa shape index (κ1) is 20.8. The zero-order chi connectivity index (χ0) is 11.3. The van der Waals surface area contributed by atoms with Crippen LogP contribution in [0.2, 0.25) is 0 Å². The summed E-state index contributed by atoms with van der Waals surface area (Å²) in [5.74, 6) is 0. The van der Waals surface area contributed by atoms with Crippen molar-refractivity contribution < 1.29 is 38.1 Å². The van der Waals surface area contributed by atoms with Crippen LogP contribution >= 0.6 is 15.6 Å². The Morgan fingerprint density at radius 1 is 1.14 bits per heavy atom. The second-order valence-electron chi connectivity index (χ2n) is 2.11. The Labute approximate surface area is 111 Å². The summed E-state index contributed by atoms with van der Waals surface area (Å²) in [6.45, 7) is 3.03. The van der Waals surface area contributed by atoms with Gasteiger partial charge in [0.05, 0.1) is 6.10 Å². The minimum absolute atomic E-state index is 0. The van der Waals surface area contributed by atoms with E-state index < -0.39 is 21.7 Å². The van der Waals surface area contributed by atoms with Crippen molar-refractivity contribution >= 4 is 53.4 Å². The van der Waals surface area contributed by atoms with Gasteiger partial charge < -0.3 is 29.0 Å². The van der Waals surface area contributed by atoms with Gasteiger partial charge in [0, 0.05) is 0 Å². The third-order valence-electron chi connectivity index (χ3n) is 0.344. The number of hydrogen-bond donors (Lipinski definition) is 3. The molecule has 0 heterocycles. The molecular formula is C3H10CaO8P2. The van der Waals surface area contributed by atoms with Crippen LogP contribution in [0.4, 0.5) is 0 Å². The summed E-state index contributed by atoms with van der Waals surface area (Å²) in [4.78, 5) is 40.7. The molecule has 1 atom stereocenters. The molecule has 0 spiro atoms. The Bertz CT molecular complexity index is 208. The van der Waals surface area contributed by atoms with Crippen LogP contribution < -0.4 is 9.79 Å². The van der Waals surface area contributed by atoms with E-state index in [0.29, 0.717) is 0 Å². The third kappa shape index (κ3) is 50.0.